The second-order valence-corrected chi connectivity index (χ2v) is 7.81. The zero-order valence-corrected chi connectivity index (χ0v) is 17.0. The summed E-state index contributed by atoms with van der Waals surface area (Å²) >= 11 is 0. The van der Waals surface area contributed by atoms with Gasteiger partial charge in [-0.15, -0.1) is 0 Å². The van der Waals surface area contributed by atoms with Crippen LogP contribution in [0.3, 0.4) is 0 Å². The standard InChI is InChI=1S/C21H25N7O/c1-13-10-19-22-8-9-27(19)12-18(13)24-21-23-11-17-14(2)26-28(20(17)25-21)15-4-6-16(29-3)7-5-15/h8-12,15-16H,4-7H2,1-3H3,(H,23,24,25). The number of pyridine rings is 1. The van der Waals surface area contributed by atoms with Gasteiger partial charge in [-0.2, -0.15) is 10.1 Å². The Hall–Kier alpha value is -3.00. The molecule has 0 aliphatic heterocycles. The maximum Gasteiger partial charge on any atom is 0.229 e. The van der Waals surface area contributed by atoms with Crippen molar-refractivity contribution in [2.45, 2.75) is 51.7 Å². The highest BCUT2D eigenvalue weighted by Crippen LogP contribution is 2.32. The van der Waals surface area contributed by atoms with Gasteiger partial charge in [0, 0.05) is 31.9 Å². The lowest BCUT2D eigenvalue weighted by molar-refractivity contribution is 0.0573. The van der Waals surface area contributed by atoms with Crippen molar-refractivity contribution in [2.75, 3.05) is 12.4 Å². The van der Waals surface area contributed by atoms with Crippen LogP contribution in [0.5, 0.6) is 0 Å². The minimum Gasteiger partial charge on any atom is -0.381 e. The van der Waals surface area contributed by atoms with Crippen LogP contribution >= 0.6 is 0 Å². The molecular formula is C21H25N7O. The highest BCUT2D eigenvalue weighted by molar-refractivity contribution is 5.79. The number of nitrogens with zero attached hydrogens (tertiary/aromatic N) is 6. The lowest BCUT2D eigenvalue weighted by Crippen LogP contribution is -2.23. The Kier molecular flexibility index (Phi) is 4.43. The van der Waals surface area contributed by atoms with E-state index in [1.54, 1.807) is 13.3 Å². The van der Waals surface area contributed by atoms with E-state index in [0.717, 1.165) is 59.3 Å². The van der Waals surface area contributed by atoms with Crippen LogP contribution in [0.1, 0.15) is 43.0 Å². The number of fused-ring (bicyclic) bond motifs is 2. The van der Waals surface area contributed by atoms with Gasteiger partial charge in [-0.25, -0.2) is 14.6 Å². The van der Waals surface area contributed by atoms with Crippen molar-refractivity contribution in [2.24, 2.45) is 0 Å². The molecule has 150 valence electrons. The van der Waals surface area contributed by atoms with E-state index in [0.29, 0.717) is 18.1 Å². The minimum atomic E-state index is 0.351. The average molecular weight is 391 g/mol. The Bertz CT molecular complexity index is 1170. The summed E-state index contributed by atoms with van der Waals surface area (Å²) in [6.07, 6.45) is 12.2. The number of rotatable bonds is 4. The van der Waals surface area contributed by atoms with Crippen molar-refractivity contribution in [3.05, 3.63) is 42.1 Å². The van der Waals surface area contributed by atoms with Crippen LogP contribution < -0.4 is 5.32 Å². The summed E-state index contributed by atoms with van der Waals surface area (Å²) in [5.74, 6) is 0.576. The van der Waals surface area contributed by atoms with Gasteiger partial charge in [0.2, 0.25) is 5.95 Å². The number of imidazole rings is 1. The predicted octanol–water partition coefficient (Wildman–Crippen LogP) is 3.96. The molecular weight excluding hydrogens is 366 g/mol. The van der Waals surface area contributed by atoms with Crippen LogP contribution in [0.15, 0.2) is 30.9 Å². The Morgan fingerprint density at radius 1 is 1.14 bits per heavy atom. The topological polar surface area (TPSA) is 82.2 Å². The number of hydrogen-bond donors (Lipinski definition) is 1. The molecule has 0 radical (unpaired) electrons. The first-order valence-corrected chi connectivity index (χ1v) is 10.1. The molecule has 0 bridgehead atoms. The second-order valence-electron chi connectivity index (χ2n) is 7.81. The molecule has 0 atom stereocenters. The van der Waals surface area contributed by atoms with Gasteiger partial charge in [0.25, 0.3) is 0 Å². The van der Waals surface area contributed by atoms with Crippen LogP contribution in [-0.2, 0) is 4.74 Å². The summed E-state index contributed by atoms with van der Waals surface area (Å²) in [6.45, 7) is 4.07. The van der Waals surface area contributed by atoms with Crippen LogP contribution in [-0.4, -0.2) is 42.3 Å². The van der Waals surface area contributed by atoms with Crippen LogP contribution in [0.4, 0.5) is 11.6 Å². The molecule has 8 heteroatoms. The molecule has 1 fully saturated rings. The van der Waals surface area contributed by atoms with E-state index >= 15 is 0 Å². The Balaban J connectivity index is 1.48. The highest BCUT2D eigenvalue weighted by atomic mass is 16.5. The molecule has 5 rings (SSSR count). The predicted molar refractivity (Wildman–Crippen MR) is 112 cm³/mol. The third kappa shape index (κ3) is 3.23. The smallest absolute Gasteiger partial charge is 0.229 e. The third-order valence-corrected chi connectivity index (χ3v) is 5.94. The van der Waals surface area contributed by atoms with E-state index in [9.17, 15) is 0 Å². The molecule has 0 aromatic carbocycles. The van der Waals surface area contributed by atoms with Crippen LogP contribution in [0.25, 0.3) is 16.7 Å². The van der Waals surface area contributed by atoms with Gasteiger partial charge in [-0.1, -0.05) is 0 Å². The molecule has 4 aromatic rings. The van der Waals surface area contributed by atoms with Gasteiger partial charge in [0.05, 0.1) is 28.9 Å². The molecule has 29 heavy (non-hydrogen) atoms. The average Bonchev–Trinajstić information content (AvgIpc) is 3.32. The SMILES string of the molecule is COC1CCC(n2nc(C)c3cnc(Nc4cn5ccnc5cc4C)nc32)CC1. The monoisotopic (exact) mass is 391 g/mol. The number of ether oxygens (including phenoxy) is 1. The number of anilines is 2. The number of aryl methyl sites for hydroxylation is 2. The molecule has 0 amide bonds. The summed E-state index contributed by atoms with van der Waals surface area (Å²) in [5.41, 5.74) is 4.83. The summed E-state index contributed by atoms with van der Waals surface area (Å²) in [7, 11) is 1.80. The van der Waals surface area contributed by atoms with E-state index in [-0.39, 0.29) is 0 Å². The Morgan fingerprint density at radius 3 is 2.76 bits per heavy atom. The van der Waals surface area contributed by atoms with E-state index in [2.05, 4.69) is 26.9 Å². The summed E-state index contributed by atoms with van der Waals surface area (Å²) < 4.78 is 9.59. The molecule has 1 N–H and O–H groups in total. The van der Waals surface area contributed by atoms with Crippen LogP contribution in [0, 0.1) is 13.8 Å². The largest absolute Gasteiger partial charge is 0.381 e. The lowest BCUT2D eigenvalue weighted by Gasteiger charge is -2.27. The van der Waals surface area contributed by atoms with Crippen molar-refractivity contribution >= 4 is 28.3 Å². The van der Waals surface area contributed by atoms with Gasteiger partial charge < -0.3 is 14.5 Å². The molecule has 4 heterocycles. The lowest BCUT2D eigenvalue weighted by atomic mass is 9.93. The van der Waals surface area contributed by atoms with Gasteiger partial charge in [0.15, 0.2) is 5.65 Å². The van der Waals surface area contributed by atoms with Gasteiger partial charge in [0.1, 0.15) is 5.65 Å². The van der Waals surface area contributed by atoms with Gasteiger partial charge >= 0.3 is 0 Å². The number of aromatic nitrogens is 6. The maximum absolute atomic E-state index is 5.52. The van der Waals surface area contributed by atoms with E-state index in [4.69, 9.17) is 14.8 Å². The Morgan fingerprint density at radius 2 is 1.97 bits per heavy atom. The van der Waals surface area contributed by atoms with E-state index in [1.165, 1.54) is 0 Å². The molecule has 1 aliphatic rings. The molecule has 0 spiro atoms. The number of nitrogens with one attached hydrogen (secondary N) is 1. The number of hydrogen-bond acceptors (Lipinski definition) is 6. The second kappa shape index (κ2) is 7.11. The third-order valence-electron chi connectivity index (χ3n) is 5.94. The van der Waals surface area contributed by atoms with Crippen LogP contribution in [0.2, 0.25) is 0 Å². The summed E-state index contributed by atoms with van der Waals surface area (Å²) in [5, 5.41) is 9.17. The first-order chi connectivity index (χ1) is 14.1. The highest BCUT2D eigenvalue weighted by Gasteiger charge is 2.25. The van der Waals surface area contributed by atoms with Crippen molar-refractivity contribution in [1.82, 2.24) is 29.1 Å². The fraction of sp³-hybridized carbons (Fsp3) is 0.429. The molecule has 8 nitrogen and oxygen atoms in total. The van der Waals surface area contributed by atoms with Crippen molar-refractivity contribution in [3.63, 3.8) is 0 Å². The first kappa shape index (κ1) is 18.1. The first-order valence-electron chi connectivity index (χ1n) is 10.1. The molecule has 1 aliphatic carbocycles. The molecule has 1 saturated carbocycles. The molecule has 0 saturated heterocycles. The van der Waals surface area contributed by atoms with Gasteiger partial charge in [-0.05, 0) is 51.2 Å². The van der Waals surface area contributed by atoms with E-state index in [1.807, 2.05) is 36.0 Å². The van der Waals surface area contributed by atoms with E-state index < -0.39 is 0 Å². The quantitative estimate of drug-likeness (QED) is 0.567. The zero-order chi connectivity index (χ0) is 20.0. The molecule has 0 unspecified atom stereocenters. The summed E-state index contributed by atoms with van der Waals surface area (Å²) in [4.78, 5) is 13.7. The van der Waals surface area contributed by atoms with Crippen molar-refractivity contribution in [3.8, 4) is 0 Å². The normalized spacial score (nSPS) is 19.8. The fourth-order valence-corrected chi connectivity index (χ4v) is 4.21. The van der Waals surface area contributed by atoms with Crippen molar-refractivity contribution < 1.29 is 4.74 Å². The number of methoxy groups -OCH3 is 1. The Labute approximate surface area is 168 Å². The summed E-state index contributed by atoms with van der Waals surface area (Å²) in [6, 6.07) is 2.40. The molecule has 4 aromatic heterocycles. The zero-order valence-electron chi connectivity index (χ0n) is 17.0. The van der Waals surface area contributed by atoms with Crippen molar-refractivity contribution in [1.29, 1.82) is 0 Å². The minimum absolute atomic E-state index is 0.351. The van der Waals surface area contributed by atoms with Gasteiger partial charge in [-0.3, -0.25) is 0 Å². The fourth-order valence-electron chi connectivity index (χ4n) is 4.21. The maximum atomic E-state index is 5.52.